The number of benzene rings is 1. The highest BCUT2D eigenvalue weighted by molar-refractivity contribution is 7.56. The molecule has 186 valence electrons. The standard InChI is InChI=1S/C27H43O5P/c1-11-27(8,33(30,31-9)32-10)22(28)16-15-18-17-21(26(5,6)7)24(29)23-19(18)13-12-14-20(23)25(2,3)4/h15-17,20,29H,11-14H2,1-10H3/b16-15+. The van der Waals surface area contributed by atoms with Crippen LogP contribution in [0.2, 0.25) is 0 Å². The highest BCUT2D eigenvalue weighted by Gasteiger charge is 2.49. The Labute approximate surface area is 200 Å². The fraction of sp³-hybridized carbons (Fsp3) is 0.667. The maximum Gasteiger partial charge on any atom is 0.343 e. The maximum absolute atomic E-state index is 13.3. The van der Waals surface area contributed by atoms with Gasteiger partial charge in [0.2, 0.25) is 0 Å². The number of hydrogen-bond donors (Lipinski definition) is 1. The highest BCUT2D eigenvalue weighted by atomic mass is 31.2. The monoisotopic (exact) mass is 478 g/mol. The second kappa shape index (κ2) is 9.68. The molecule has 1 aliphatic rings. The number of phenolic OH excluding ortho intramolecular Hbond substituents is 1. The second-order valence-corrected chi connectivity index (χ2v) is 14.2. The lowest BCUT2D eigenvalue weighted by atomic mass is 9.66. The molecule has 1 aliphatic carbocycles. The number of carbonyl (C=O) groups excluding carboxylic acids is 1. The number of carbonyl (C=O) groups is 1. The van der Waals surface area contributed by atoms with Gasteiger partial charge in [-0.1, -0.05) is 54.5 Å². The van der Waals surface area contributed by atoms with Gasteiger partial charge >= 0.3 is 7.60 Å². The van der Waals surface area contributed by atoms with Crippen molar-refractivity contribution in [2.24, 2.45) is 5.41 Å². The number of hydrogen-bond acceptors (Lipinski definition) is 5. The van der Waals surface area contributed by atoms with E-state index in [0.29, 0.717) is 12.2 Å². The number of aromatic hydroxyl groups is 1. The molecule has 1 aromatic carbocycles. The predicted molar refractivity (Wildman–Crippen MR) is 136 cm³/mol. The van der Waals surface area contributed by atoms with Crippen molar-refractivity contribution in [1.29, 1.82) is 0 Å². The van der Waals surface area contributed by atoms with E-state index in [1.807, 2.05) is 19.1 Å². The zero-order chi connectivity index (χ0) is 25.4. The van der Waals surface area contributed by atoms with Gasteiger partial charge in [0.05, 0.1) is 0 Å². The number of fused-ring (bicyclic) bond motifs is 1. The van der Waals surface area contributed by atoms with Crippen LogP contribution in [0.5, 0.6) is 5.75 Å². The van der Waals surface area contributed by atoms with E-state index in [9.17, 15) is 14.5 Å². The Hall–Kier alpha value is -1.42. The first-order valence-corrected chi connectivity index (χ1v) is 13.4. The molecule has 5 nitrogen and oxygen atoms in total. The van der Waals surface area contributed by atoms with E-state index in [-0.39, 0.29) is 22.5 Å². The lowest BCUT2D eigenvalue weighted by Crippen LogP contribution is -2.34. The van der Waals surface area contributed by atoms with Crippen LogP contribution < -0.4 is 0 Å². The summed E-state index contributed by atoms with van der Waals surface area (Å²) in [7, 11) is -0.994. The fourth-order valence-corrected chi connectivity index (χ4v) is 6.63. The molecule has 0 radical (unpaired) electrons. The summed E-state index contributed by atoms with van der Waals surface area (Å²) in [6.07, 6.45) is 6.57. The van der Waals surface area contributed by atoms with Crippen molar-refractivity contribution in [3.63, 3.8) is 0 Å². The molecule has 1 aromatic rings. The summed E-state index contributed by atoms with van der Waals surface area (Å²) in [6.45, 7) is 16.4. The molecule has 0 saturated carbocycles. The molecule has 1 N–H and O–H groups in total. The minimum atomic E-state index is -3.62. The molecule has 0 amide bonds. The van der Waals surface area contributed by atoms with Gasteiger partial charge in [-0.2, -0.15) is 0 Å². The van der Waals surface area contributed by atoms with Crippen LogP contribution in [0.25, 0.3) is 6.08 Å². The van der Waals surface area contributed by atoms with E-state index >= 15 is 0 Å². The molecule has 0 bridgehead atoms. The average molecular weight is 479 g/mol. The van der Waals surface area contributed by atoms with Gasteiger partial charge < -0.3 is 14.2 Å². The molecule has 0 fully saturated rings. The van der Waals surface area contributed by atoms with Gasteiger partial charge in [0.25, 0.3) is 0 Å². The molecular formula is C27H43O5P. The van der Waals surface area contributed by atoms with Gasteiger partial charge in [-0.3, -0.25) is 9.36 Å². The fourth-order valence-electron chi connectivity index (χ4n) is 4.95. The Morgan fingerprint density at radius 2 is 1.73 bits per heavy atom. The Kier molecular flexibility index (Phi) is 8.16. The third-order valence-corrected chi connectivity index (χ3v) is 10.0. The molecule has 0 aliphatic heterocycles. The summed E-state index contributed by atoms with van der Waals surface area (Å²) in [5.74, 6) is 0.330. The van der Waals surface area contributed by atoms with E-state index < -0.39 is 12.8 Å². The molecule has 0 spiro atoms. The van der Waals surface area contributed by atoms with E-state index in [2.05, 4.69) is 41.5 Å². The average Bonchev–Trinajstić information content (AvgIpc) is 2.75. The largest absolute Gasteiger partial charge is 0.507 e. The quantitative estimate of drug-likeness (QED) is 0.327. The third-order valence-electron chi connectivity index (χ3n) is 7.32. The molecule has 0 heterocycles. The van der Waals surface area contributed by atoms with E-state index in [4.69, 9.17) is 9.05 Å². The summed E-state index contributed by atoms with van der Waals surface area (Å²) in [5, 5.41) is 10.1. The smallest absolute Gasteiger partial charge is 0.343 e. The molecule has 0 aromatic heterocycles. The zero-order valence-corrected chi connectivity index (χ0v) is 23.1. The van der Waals surface area contributed by atoms with Crippen LogP contribution in [-0.2, 0) is 30.2 Å². The van der Waals surface area contributed by atoms with Gasteiger partial charge in [-0.15, -0.1) is 0 Å². The van der Waals surface area contributed by atoms with Crippen LogP contribution in [0.15, 0.2) is 12.1 Å². The first-order chi connectivity index (χ1) is 15.1. The SMILES string of the molecule is CCC(C)(C(=O)/C=C/c1cc(C(C)(C)C)c(O)c2c1CCCC2C(C)(C)C)P(=O)(OC)OC. The molecule has 0 saturated heterocycles. The van der Waals surface area contributed by atoms with Crippen molar-refractivity contribution in [3.8, 4) is 5.75 Å². The van der Waals surface area contributed by atoms with Gasteiger partial charge in [0.15, 0.2) is 5.78 Å². The number of allylic oxidation sites excluding steroid dienone is 1. The Morgan fingerprint density at radius 1 is 1.15 bits per heavy atom. The molecule has 2 atom stereocenters. The maximum atomic E-state index is 13.3. The van der Waals surface area contributed by atoms with Crippen LogP contribution in [-0.4, -0.2) is 30.3 Å². The normalized spacial score (nSPS) is 19.4. The van der Waals surface area contributed by atoms with Gasteiger partial charge in [0.1, 0.15) is 10.9 Å². The summed E-state index contributed by atoms with van der Waals surface area (Å²) in [5.41, 5.74) is 3.69. The van der Waals surface area contributed by atoms with Gasteiger partial charge in [0, 0.05) is 25.3 Å². The van der Waals surface area contributed by atoms with E-state index in [1.54, 1.807) is 6.92 Å². The number of phenols is 1. The molecule has 33 heavy (non-hydrogen) atoms. The van der Waals surface area contributed by atoms with Gasteiger partial charge in [-0.05, 0) is 72.6 Å². The van der Waals surface area contributed by atoms with Crippen LogP contribution in [0.4, 0.5) is 0 Å². The Balaban J connectivity index is 2.70. The number of ketones is 1. The lowest BCUT2D eigenvalue weighted by molar-refractivity contribution is -0.117. The van der Waals surface area contributed by atoms with Crippen LogP contribution in [0.3, 0.4) is 0 Å². The Morgan fingerprint density at radius 3 is 2.18 bits per heavy atom. The summed E-state index contributed by atoms with van der Waals surface area (Å²) in [4.78, 5) is 13.3. The first-order valence-electron chi connectivity index (χ1n) is 11.9. The van der Waals surface area contributed by atoms with Crippen LogP contribution in [0, 0.1) is 5.41 Å². The zero-order valence-electron chi connectivity index (χ0n) is 22.2. The van der Waals surface area contributed by atoms with E-state index in [1.165, 1.54) is 20.3 Å². The van der Waals surface area contributed by atoms with Crippen molar-refractivity contribution < 1.29 is 23.5 Å². The van der Waals surface area contributed by atoms with Crippen molar-refractivity contribution in [2.75, 3.05) is 14.2 Å². The van der Waals surface area contributed by atoms with Crippen molar-refractivity contribution in [1.82, 2.24) is 0 Å². The molecule has 6 heteroatoms. The summed E-state index contributed by atoms with van der Waals surface area (Å²) < 4.78 is 23.5. The Bertz CT molecular complexity index is 956. The van der Waals surface area contributed by atoms with Crippen LogP contribution >= 0.6 is 7.60 Å². The molecule has 2 unspecified atom stereocenters. The van der Waals surface area contributed by atoms with Crippen molar-refractivity contribution in [3.05, 3.63) is 34.4 Å². The first kappa shape index (κ1) is 27.8. The summed E-state index contributed by atoms with van der Waals surface area (Å²) >= 11 is 0. The molecule has 2 rings (SSSR count). The lowest BCUT2D eigenvalue weighted by Gasteiger charge is -2.38. The minimum absolute atomic E-state index is 0.00428. The van der Waals surface area contributed by atoms with Gasteiger partial charge in [-0.25, -0.2) is 0 Å². The molecular weight excluding hydrogens is 435 g/mol. The van der Waals surface area contributed by atoms with Crippen LogP contribution in [0.1, 0.15) is 103 Å². The predicted octanol–water partition coefficient (Wildman–Crippen LogP) is 7.39. The second-order valence-electron chi connectivity index (χ2n) is 11.5. The minimum Gasteiger partial charge on any atom is -0.507 e. The highest BCUT2D eigenvalue weighted by Crippen LogP contribution is 2.61. The number of rotatable bonds is 7. The topological polar surface area (TPSA) is 72.8 Å². The van der Waals surface area contributed by atoms with Crippen molar-refractivity contribution in [2.45, 2.75) is 97.6 Å². The third kappa shape index (κ3) is 5.16. The summed E-state index contributed by atoms with van der Waals surface area (Å²) in [6, 6.07) is 2.01. The van der Waals surface area contributed by atoms with E-state index in [0.717, 1.165) is 41.5 Å². The van der Waals surface area contributed by atoms with Crippen molar-refractivity contribution >= 4 is 19.5 Å².